The Kier molecular flexibility index (Phi) is 5.46. The first-order valence-corrected chi connectivity index (χ1v) is 12.9. The molecule has 3 aliphatic rings. The quantitative estimate of drug-likeness (QED) is 0.439. The highest BCUT2D eigenvalue weighted by Gasteiger charge is 2.51. The molecule has 2 amide bonds. The molecular weight excluding hydrogens is 496 g/mol. The first-order chi connectivity index (χ1) is 19.1. The van der Waals surface area contributed by atoms with Crippen LogP contribution >= 0.6 is 0 Å². The molecule has 0 radical (unpaired) electrons. The molecule has 2 aromatic carbocycles. The van der Waals surface area contributed by atoms with Gasteiger partial charge in [0.2, 0.25) is 12.7 Å². The minimum Gasteiger partial charge on any atom is -0.454 e. The van der Waals surface area contributed by atoms with Crippen LogP contribution in [0.15, 0.2) is 79.1 Å². The molecule has 5 heterocycles. The van der Waals surface area contributed by atoms with Gasteiger partial charge in [0.15, 0.2) is 17.2 Å². The molecule has 3 aliphatic heterocycles. The number of piperidine rings is 1. The summed E-state index contributed by atoms with van der Waals surface area (Å²) in [6, 6.07) is 21.1. The number of benzene rings is 2. The Morgan fingerprint density at radius 2 is 1.67 bits per heavy atom. The maximum atomic E-state index is 13.7. The Balaban J connectivity index is 1.17. The van der Waals surface area contributed by atoms with Crippen molar-refractivity contribution in [2.45, 2.75) is 18.4 Å². The van der Waals surface area contributed by atoms with Crippen LogP contribution < -0.4 is 19.7 Å². The lowest BCUT2D eigenvalue weighted by Gasteiger charge is -2.43. The third kappa shape index (κ3) is 3.87. The van der Waals surface area contributed by atoms with Crippen LogP contribution in [0.3, 0.4) is 0 Å². The summed E-state index contributed by atoms with van der Waals surface area (Å²) in [5.41, 5.74) is 3.08. The first-order valence-electron chi connectivity index (χ1n) is 12.9. The number of para-hydroxylation sites is 1. The van der Waals surface area contributed by atoms with E-state index in [9.17, 15) is 9.59 Å². The van der Waals surface area contributed by atoms with Crippen molar-refractivity contribution in [3.05, 3.63) is 84.8 Å². The number of nitrogens with zero attached hydrogens (tertiary/aromatic N) is 5. The van der Waals surface area contributed by atoms with Gasteiger partial charge >= 0.3 is 0 Å². The molecule has 7 rings (SSSR count). The van der Waals surface area contributed by atoms with E-state index in [1.807, 2.05) is 66.7 Å². The summed E-state index contributed by atoms with van der Waals surface area (Å²) < 4.78 is 12.8. The number of amides is 2. The zero-order valence-corrected chi connectivity index (χ0v) is 21.1. The highest BCUT2D eigenvalue weighted by atomic mass is 16.7. The molecule has 0 bridgehead atoms. The van der Waals surface area contributed by atoms with E-state index < -0.39 is 5.54 Å². The summed E-state index contributed by atoms with van der Waals surface area (Å²) in [6.45, 7) is 1.55. The van der Waals surface area contributed by atoms with Gasteiger partial charge in [-0.3, -0.25) is 14.6 Å². The monoisotopic (exact) mass is 522 g/mol. The molecule has 10 heteroatoms. The Bertz CT molecular complexity index is 1550. The predicted molar refractivity (Wildman–Crippen MR) is 143 cm³/mol. The van der Waals surface area contributed by atoms with E-state index >= 15 is 0 Å². The van der Waals surface area contributed by atoms with Gasteiger partial charge in [0.1, 0.15) is 5.54 Å². The van der Waals surface area contributed by atoms with Crippen molar-refractivity contribution in [2.24, 2.45) is 0 Å². The number of ether oxygens (including phenoxy) is 2. The van der Waals surface area contributed by atoms with Crippen molar-refractivity contribution in [3.63, 3.8) is 0 Å². The van der Waals surface area contributed by atoms with Gasteiger partial charge in [-0.15, -0.1) is 0 Å². The summed E-state index contributed by atoms with van der Waals surface area (Å²) in [5, 5.41) is 7.76. The number of pyridine rings is 1. The Morgan fingerprint density at radius 3 is 2.46 bits per heavy atom. The highest BCUT2D eigenvalue weighted by Crippen LogP contribution is 2.37. The molecule has 0 saturated carbocycles. The van der Waals surface area contributed by atoms with Gasteiger partial charge in [0, 0.05) is 42.8 Å². The summed E-state index contributed by atoms with van der Waals surface area (Å²) in [7, 11) is 0. The van der Waals surface area contributed by atoms with E-state index in [0.717, 1.165) is 22.6 Å². The number of carbonyl (C=O) groups excluding carboxylic acids is 2. The third-order valence-corrected chi connectivity index (χ3v) is 7.79. The molecule has 196 valence electrons. The SMILES string of the molecule is O=C(c1cc(-c2ccncc2)n(-c2ccc3c(c2)OCO3)n1)N1CCC2(CC1)C(=O)NCN2c1ccccc1. The summed E-state index contributed by atoms with van der Waals surface area (Å²) in [6.07, 6.45) is 4.51. The summed E-state index contributed by atoms with van der Waals surface area (Å²) in [5.74, 6) is 1.17. The topological polar surface area (TPSA) is 102 Å². The van der Waals surface area contributed by atoms with Crippen molar-refractivity contribution in [2.75, 3.05) is 31.5 Å². The minimum absolute atomic E-state index is 0.0190. The lowest BCUT2D eigenvalue weighted by molar-refractivity contribution is -0.124. The largest absolute Gasteiger partial charge is 0.454 e. The number of carbonyl (C=O) groups is 2. The Hall–Kier alpha value is -4.86. The van der Waals surface area contributed by atoms with Crippen LogP contribution in [-0.2, 0) is 4.79 Å². The van der Waals surface area contributed by atoms with Crippen LogP contribution in [0.1, 0.15) is 23.3 Å². The van der Waals surface area contributed by atoms with E-state index in [0.29, 0.717) is 49.8 Å². The van der Waals surface area contributed by atoms with Crippen LogP contribution in [0.2, 0.25) is 0 Å². The zero-order valence-electron chi connectivity index (χ0n) is 21.1. The van der Waals surface area contributed by atoms with Crippen molar-refractivity contribution in [1.29, 1.82) is 0 Å². The molecule has 2 saturated heterocycles. The molecule has 4 aromatic rings. The first kappa shape index (κ1) is 23.3. The number of fused-ring (bicyclic) bond motifs is 1. The van der Waals surface area contributed by atoms with E-state index in [2.05, 4.69) is 15.2 Å². The lowest BCUT2D eigenvalue weighted by Crippen LogP contribution is -2.57. The molecule has 0 aliphatic carbocycles. The van der Waals surface area contributed by atoms with Crippen molar-refractivity contribution in [3.8, 4) is 28.4 Å². The lowest BCUT2D eigenvalue weighted by atomic mass is 9.85. The van der Waals surface area contributed by atoms with Crippen molar-refractivity contribution < 1.29 is 19.1 Å². The Morgan fingerprint density at radius 1 is 0.897 bits per heavy atom. The van der Waals surface area contributed by atoms with Crippen LogP contribution in [0.25, 0.3) is 16.9 Å². The van der Waals surface area contributed by atoms with Gasteiger partial charge in [0.05, 0.1) is 18.1 Å². The van der Waals surface area contributed by atoms with Gasteiger partial charge in [-0.1, -0.05) is 18.2 Å². The third-order valence-electron chi connectivity index (χ3n) is 7.79. The molecule has 0 unspecified atom stereocenters. The molecule has 1 N–H and O–H groups in total. The van der Waals surface area contributed by atoms with Crippen molar-refractivity contribution >= 4 is 17.5 Å². The number of likely N-dealkylation sites (tertiary alicyclic amines) is 1. The number of hydrogen-bond acceptors (Lipinski definition) is 7. The smallest absolute Gasteiger partial charge is 0.274 e. The fourth-order valence-electron chi connectivity index (χ4n) is 5.70. The fourth-order valence-corrected chi connectivity index (χ4v) is 5.70. The standard InChI is InChI=1S/C29H26N6O4/c36-27(33-14-10-29(11-15-33)28(37)31-18-34(29)21-4-2-1-3-5-21)23-17-24(20-8-12-30-13-9-20)35(32-23)22-6-7-25-26(16-22)39-19-38-25/h1-9,12-13,16-17H,10-11,14-15,18-19H2,(H,31,37). The summed E-state index contributed by atoms with van der Waals surface area (Å²) >= 11 is 0. The van der Waals surface area contributed by atoms with Gasteiger partial charge in [0.25, 0.3) is 5.91 Å². The molecule has 10 nitrogen and oxygen atoms in total. The second-order valence-electron chi connectivity index (χ2n) is 9.85. The normalized spacial score (nSPS) is 17.5. The van der Waals surface area contributed by atoms with E-state index in [4.69, 9.17) is 14.6 Å². The fraction of sp³-hybridized carbons (Fsp3) is 0.241. The molecule has 2 aromatic heterocycles. The van der Waals surface area contributed by atoms with Crippen LogP contribution in [0, 0.1) is 0 Å². The minimum atomic E-state index is -0.661. The number of hydrogen-bond donors (Lipinski definition) is 1. The summed E-state index contributed by atoms with van der Waals surface area (Å²) in [4.78, 5) is 34.8. The molecule has 1 spiro atoms. The maximum absolute atomic E-state index is 13.7. The maximum Gasteiger partial charge on any atom is 0.274 e. The molecule has 2 fully saturated rings. The van der Waals surface area contributed by atoms with Gasteiger partial charge < -0.3 is 24.6 Å². The Labute approximate surface area is 224 Å². The average Bonchev–Trinajstić information content (AvgIpc) is 3.72. The average molecular weight is 523 g/mol. The number of nitrogens with one attached hydrogen (secondary N) is 1. The van der Waals surface area contributed by atoms with Crippen LogP contribution in [-0.4, -0.2) is 63.6 Å². The highest BCUT2D eigenvalue weighted by molar-refractivity contribution is 5.96. The van der Waals surface area contributed by atoms with E-state index in [1.54, 1.807) is 22.0 Å². The number of aromatic nitrogens is 3. The van der Waals surface area contributed by atoms with Gasteiger partial charge in [-0.2, -0.15) is 5.10 Å². The molecule has 0 atom stereocenters. The molecule has 39 heavy (non-hydrogen) atoms. The van der Waals surface area contributed by atoms with Crippen LogP contribution in [0.5, 0.6) is 11.5 Å². The number of rotatable bonds is 4. The second kappa shape index (κ2) is 9.16. The van der Waals surface area contributed by atoms with E-state index in [1.165, 1.54) is 0 Å². The van der Waals surface area contributed by atoms with Crippen molar-refractivity contribution in [1.82, 2.24) is 25.0 Å². The predicted octanol–water partition coefficient (Wildman–Crippen LogP) is 3.23. The van der Waals surface area contributed by atoms with Gasteiger partial charge in [-0.05, 0) is 55.3 Å². The molecular formula is C29H26N6O4. The van der Waals surface area contributed by atoms with Crippen LogP contribution in [0.4, 0.5) is 5.69 Å². The van der Waals surface area contributed by atoms with E-state index in [-0.39, 0.29) is 18.6 Å². The second-order valence-corrected chi connectivity index (χ2v) is 9.85. The number of anilines is 1. The zero-order chi connectivity index (χ0) is 26.4. The van der Waals surface area contributed by atoms with Gasteiger partial charge in [-0.25, -0.2) is 4.68 Å².